The highest BCUT2D eigenvalue weighted by Gasteiger charge is 2.29. The molecule has 32 heavy (non-hydrogen) atoms. The minimum Gasteiger partial charge on any atom is -0.482 e. The van der Waals surface area contributed by atoms with Gasteiger partial charge < -0.3 is 9.84 Å². The average Bonchev–Trinajstić information content (AvgIpc) is 2.73. The van der Waals surface area contributed by atoms with E-state index < -0.39 is 33.3 Å². The number of aliphatic carboxylic acids is 1. The summed E-state index contributed by atoms with van der Waals surface area (Å²) >= 11 is 6.07. The zero-order valence-corrected chi connectivity index (χ0v) is 18.6. The average molecular weight is 484 g/mol. The van der Waals surface area contributed by atoms with E-state index in [0.29, 0.717) is 36.0 Å². The molecule has 0 aromatic heterocycles. The van der Waals surface area contributed by atoms with Gasteiger partial charge in [0.15, 0.2) is 6.61 Å². The maximum atomic E-state index is 12.8. The minimum atomic E-state index is -3.73. The number of sulfonamides is 1. The number of carboxylic acid groups (broad SMARTS) is 1. The fourth-order valence-electron chi connectivity index (χ4n) is 3.46. The van der Waals surface area contributed by atoms with Crippen molar-refractivity contribution in [3.63, 3.8) is 0 Å². The lowest BCUT2D eigenvalue weighted by molar-refractivity contribution is -0.385. The molecule has 0 amide bonds. The summed E-state index contributed by atoms with van der Waals surface area (Å²) in [6, 6.07) is 10.7. The number of carboxylic acids is 1. The van der Waals surface area contributed by atoms with E-state index in [0.717, 1.165) is 0 Å². The van der Waals surface area contributed by atoms with Crippen LogP contribution in [0.2, 0.25) is 5.02 Å². The Morgan fingerprint density at radius 1 is 1.12 bits per heavy atom. The van der Waals surface area contributed by atoms with Crippen LogP contribution < -0.4 is 4.74 Å². The first-order valence-corrected chi connectivity index (χ1v) is 11.7. The molecule has 0 aliphatic carbocycles. The maximum absolute atomic E-state index is 12.8. The second kappa shape index (κ2) is 10.3. The lowest BCUT2D eigenvalue weighted by atomic mass is 10.1. The summed E-state index contributed by atoms with van der Waals surface area (Å²) in [5.41, 5.74) is 0.638. The molecule has 2 aromatic carbocycles. The first-order chi connectivity index (χ1) is 15.2. The maximum Gasteiger partial charge on any atom is 0.341 e. The number of nitro groups is 1. The van der Waals surface area contributed by atoms with E-state index in [-0.39, 0.29) is 24.3 Å². The molecule has 0 unspecified atom stereocenters. The molecule has 0 bridgehead atoms. The van der Waals surface area contributed by atoms with Crippen LogP contribution in [0.5, 0.6) is 5.75 Å². The van der Waals surface area contributed by atoms with Crippen molar-refractivity contribution in [3.8, 4) is 5.75 Å². The standard InChI is InChI=1S/C20H22ClN3O7S/c21-17-5-6-19(31-13-20(25)26)16(11-17)12-22-7-9-23(10-8-22)32(29,30)14-15-3-1-2-4-18(15)24(27)28/h1-6,11H,7-10,12-14H2,(H,25,26). The number of para-hydroxylation sites is 1. The van der Waals surface area contributed by atoms with Gasteiger partial charge in [-0.3, -0.25) is 15.0 Å². The number of benzene rings is 2. The van der Waals surface area contributed by atoms with E-state index in [1.807, 2.05) is 4.90 Å². The molecular weight excluding hydrogens is 462 g/mol. The van der Waals surface area contributed by atoms with Crippen LogP contribution in [0.15, 0.2) is 42.5 Å². The van der Waals surface area contributed by atoms with Gasteiger partial charge in [0.2, 0.25) is 10.0 Å². The summed E-state index contributed by atoms with van der Waals surface area (Å²) in [7, 11) is -3.73. The van der Waals surface area contributed by atoms with Gasteiger partial charge in [-0.15, -0.1) is 0 Å². The van der Waals surface area contributed by atoms with E-state index >= 15 is 0 Å². The monoisotopic (exact) mass is 483 g/mol. The van der Waals surface area contributed by atoms with Crippen molar-refractivity contribution in [1.82, 2.24) is 9.21 Å². The summed E-state index contributed by atoms with van der Waals surface area (Å²) in [6.45, 7) is 1.26. The molecule has 1 N–H and O–H groups in total. The highest BCUT2D eigenvalue weighted by atomic mass is 35.5. The third-order valence-corrected chi connectivity index (χ3v) is 7.08. The van der Waals surface area contributed by atoms with Crippen molar-refractivity contribution in [2.24, 2.45) is 0 Å². The fourth-order valence-corrected chi connectivity index (χ4v) is 5.19. The first-order valence-electron chi connectivity index (χ1n) is 9.71. The van der Waals surface area contributed by atoms with Gasteiger partial charge in [0.1, 0.15) is 5.75 Å². The number of hydrogen-bond acceptors (Lipinski definition) is 7. The summed E-state index contributed by atoms with van der Waals surface area (Å²) in [5.74, 6) is -1.13. The van der Waals surface area contributed by atoms with Gasteiger partial charge in [-0.2, -0.15) is 4.31 Å². The SMILES string of the molecule is O=C(O)COc1ccc(Cl)cc1CN1CCN(S(=O)(=O)Cc2ccccc2[N+](=O)[O-])CC1. The Morgan fingerprint density at radius 3 is 2.47 bits per heavy atom. The molecule has 1 heterocycles. The summed E-state index contributed by atoms with van der Waals surface area (Å²) in [6.07, 6.45) is 0. The van der Waals surface area contributed by atoms with Crippen LogP contribution in [0.3, 0.4) is 0 Å². The number of halogens is 1. The number of ether oxygens (including phenoxy) is 1. The van der Waals surface area contributed by atoms with E-state index in [9.17, 15) is 23.3 Å². The van der Waals surface area contributed by atoms with Gasteiger partial charge in [-0.25, -0.2) is 13.2 Å². The molecule has 1 fully saturated rings. The topological polar surface area (TPSA) is 130 Å². The van der Waals surface area contributed by atoms with Crippen molar-refractivity contribution >= 4 is 33.3 Å². The Hall–Kier alpha value is -2.73. The van der Waals surface area contributed by atoms with Crippen molar-refractivity contribution in [2.45, 2.75) is 12.3 Å². The quantitative estimate of drug-likeness (QED) is 0.425. The van der Waals surface area contributed by atoms with Gasteiger partial charge in [0, 0.05) is 54.9 Å². The number of nitrogens with zero attached hydrogens (tertiary/aromatic N) is 3. The molecule has 0 atom stereocenters. The first kappa shape index (κ1) is 23.9. The molecule has 172 valence electrons. The smallest absolute Gasteiger partial charge is 0.341 e. The second-order valence-electron chi connectivity index (χ2n) is 7.25. The summed E-state index contributed by atoms with van der Waals surface area (Å²) in [5, 5.41) is 20.5. The van der Waals surface area contributed by atoms with Crippen LogP contribution in [-0.2, 0) is 27.1 Å². The molecule has 12 heteroatoms. The molecule has 1 aliphatic rings. The van der Waals surface area contributed by atoms with Gasteiger partial charge in [-0.05, 0) is 18.2 Å². The lowest BCUT2D eigenvalue weighted by Crippen LogP contribution is -2.48. The van der Waals surface area contributed by atoms with Crippen LogP contribution in [0, 0.1) is 10.1 Å². The van der Waals surface area contributed by atoms with Crippen LogP contribution in [0.1, 0.15) is 11.1 Å². The predicted molar refractivity (Wildman–Crippen MR) is 117 cm³/mol. The zero-order valence-electron chi connectivity index (χ0n) is 17.0. The number of nitro benzene ring substituents is 1. The van der Waals surface area contributed by atoms with Gasteiger partial charge >= 0.3 is 5.97 Å². The Morgan fingerprint density at radius 2 is 1.81 bits per heavy atom. The van der Waals surface area contributed by atoms with E-state index in [2.05, 4.69) is 0 Å². The Bertz CT molecular complexity index is 1100. The molecule has 0 spiro atoms. The molecule has 3 rings (SSSR count). The Balaban J connectivity index is 1.64. The predicted octanol–water partition coefficient (Wildman–Crippen LogP) is 2.36. The highest BCUT2D eigenvalue weighted by Crippen LogP contribution is 2.26. The van der Waals surface area contributed by atoms with E-state index in [1.54, 1.807) is 24.3 Å². The van der Waals surface area contributed by atoms with Crippen LogP contribution in [-0.4, -0.2) is 66.4 Å². The summed E-state index contributed by atoms with van der Waals surface area (Å²) < 4.78 is 32.3. The van der Waals surface area contributed by atoms with E-state index in [4.69, 9.17) is 21.4 Å². The molecule has 1 aliphatic heterocycles. The third kappa shape index (κ3) is 6.16. The summed E-state index contributed by atoms with van der Waals surface area (Å²) in [4.78, 5) is 23.4. The van der Waals surface area contributed by atoms with Gasteiger partial charge in [-0.1, -0.05) is 29.8 Å². The van der Waals surface area contributed by atoms with Crippen LogP contribution in [0.4, 0.5) is 5.69 Å². The van der Waals surface area contributed by atoms with Crippen molar-refractivity contribution < 1.29 is 28.0 Å². The Kier molecular flexibility index (Phi) is 7.67. The third-order valence-electron chi connectivity index (χ3n) is 5.02. The number of piperazine rings is 1. The molecular formula is C20H22ClN3O7S. The van der Waals surface area contributed by atoms with Gasteiger partial charge in [0.05, 0.1) is 10.7 Å². The Labute approximate surface area is 190 Å². The number of rotatable bonds is 9. The molecule has 0 saturated carbocycles. The highest BCUT2D eigenvalue weighted by molar-refractivity contribution is 7.88. The molecule has 2 aromatic rings. The van der Waals surface area contributed by atoms with Crippen molar-refractivity contribution in [3.05, 3.63) is 68.7 Å². The number of carbonyl (C=O) groups is 1. The van der Waals surface area contributed by atoms with E-state index in [1.165, 1.54) is 22.5 Å². The number of hydrogen-bond donors (Lipinski definition) is 1. The lowest BCUT2D eigenvalue weighted by Gasteiger charge is -2.34. The molecule has 1 saturated heterocycles. The zero-order chi connectivity index (χ0) is 23.3. The van der Waals surface area contributed by atoms with Crippen molar-refractivity contribution in [2.75, 3.05) is 32.8 Å². The van der Waals surface area contributed by atoms with Crippen LogP contribution in [0.25, 0.3) is 0 Å². The normalized spacial score (nSPS) is 15.4. The second-order valence-corrected chi connectivity index (χ2v) is 9.66. The molecule has 0 radical (unpaired) electrons. The fraction of sp³-hybridized carbons (Fsp3) is 0.350. The minimum absolute atomic E-state index is 0.152. The van der Waals surface area contributed by atoms with Gasteiger partial charge in [0.25, 0.3) is 5.69 Å². The molecule has 10 nitrogen and oxygen atoms in total. The van der Waals surface area contributed by atoms with Crippen molar-refractivity contribution in [1.29, 1.82) is 0 Å². The largest absolute Gasteiger partial charge is 0.482 e. The van der Waals surface area contributed by atoms with Crippen LogP contribution >= 0.6 is 11.6 Å².